The van der Waals surface area contributed by atoms with Gasteiger partial charge in [0, 0.05) is 50.3 Å². The quantitative estimate of drug-likeness (QED) is 0.449. The van der Waals surface area contributed by atoms with E-state index in [2.05, 4.69) is 20.2 Å². The molecule has 0 atom stereocenters. The molecule has 0 unspecified atom stereocenters. The fourth-order valence-corrected chi connectivity index (χ4v) is 4.07. The van der Waals surface area contributed by atoms with Crippen LogP contribution in [-0.4, -0.2) is 68.8 Å². The number of ether oxygens (including phenoxy) is 1. The maximum Gasteiger partial charge on any atom is 0.333 e. The molecule has 0 radical (unpaired) electrons. The Labute approximate surface area is 205 Å². The number of benzene rings is 1. The highest BCUT2D eigenvalue weighted by Gasteiger charge is 2.26. The van der Waals surface area contributed by atoms with E-state index in [0.29, 0.717) is 43.4 Å². The average Bonchev–Trinajstić information content (AvgIpc) is 2.94. The molecule has 3 aromatic heterocycles. The standard InChI is InChI=1S/C25H23N7O4/c1-36-19-4-2-18(3-5-19)32-24(34)20(16-27-25(32)35)23(33)31-14-12-30(13-15-31)22-7-6-21(28-29-22)17-8-10-26-11-9-17/h2-11,16H,12-15H2,1H3,(H,27,35). The molecule has 1 aliphatic heterocycles. The summed E-state index contributed by atoms with van der Waals surface area (Å²) in [6.07, 6.45) is 4.59. The first-order valence-corrected chi connectivity index (χ1v) is 11.3. The number of nitrogens with zero attached hydrogens (tertiary/aromatic N) is 6. The lowest BCUT2D eigenvalue weighted by Crippen LogP contribution is -2.50. The van der Waals surface area contributed by atoms with E-state index >= 15 is 0 Å². The summed E-state index contributed by atoms with van der Waals surface area (Å²) in [5.41, 5.74) is 0.631. The van der Waals surface area contributed by atoms with Gasteiger partial charge in [-0.05, 0) is 48.5 Å². The number of pyridine rings is 1. The first-order chi connectivity index (χ1) is 17.5. The van der Waals surface area contributed by atoms with Gasteiger partial charge in [0.25, 0.3) is 11.5 Å². The number of methoxy groups -OCH3 is 1. The van der Waals surface area contributed by atoms with Crippen LogP contribution in [0.15, 0.2) is 76.7 Å². The van der Waals surface area contributed by atoms with Gasteiger partial charge < -0.3 is 19.5 Å². The summed E-state index contributed by atoms with van der Waals surface area (Å²) in [5.74, 6) is 0.869. The zero-order chi connectivity index (χ0) is 25.1. The third kappa shape index (κ3) is 4.45. The number of amides is 1. The highest BCUT2D eigenvalue weighted by molar-refractivity contribution is 5.93. The zero-order valence-electron chi connectivity index (χ0n) is 19.5. The van der Waals surface area contributed by atoms with Gasteiger partial charge in [-0.3, -0.25) is 14.6 Å². The van der Waals surface area contributed by atoms with E-state index in [1.807, 2.05) is 29.2 Å². The van der Waals surface area contributed by atoms with Crippen LogP contribution in [0.1, 0.15) is 10.4 Å². The molecule has 5 rings (SSSR count). The molecule has 0 aliphatic carbocycles. The van der Waals surface area contributed by atoms with Crippen LogP contribution in [0.25, 0.3) is 16.9 Å². The maximum absolute atomic E-state index is 13.2. The Morgan fingerprint density at radius 1 is 0.917 bits per heavy atom. The van der Waals surface area contributed by atoms with Crippen molar-refractivity contribution in [1.82, 2.24) is 29.6 Å². The van der Waals surface area contributed by atoms with Crippen molar-refractivity contribution in [3.8, 4) is 22.7 Å². The molecular weight excluding hydrogens is 462 g/mol. The van der Waals surface area contributed by atoms with E-state index in [-0.39, 0.29) is 5.56 Å². The minimum Gasteiger partial charge on any atom is -0.497 e. The van der Waals surface area contributed by atoms with E-state index < -0.39 is 17.2 Å². The number of hydrogen-bond acceptors (Lipinski definition) is 8. The Kier molecular flexibility index (Phi) is 6.27. The van der Waals surface area contributed by atoms with Crippen LogP contribution in [0.5, 0.6) is 5.75 Å². The third-order valence-corrected chi connectivity index (χ3v) is 6.06. The molecule has 1 N–H and O–H groups in total. The SMILES string of the molecule is COc1ccc(-n2c(=O)[nH]cc(C(=O)N3CCN(c4ccc(-c5ccncc5)nn4)CC3)c2=O)cc1. The fourth-order valence-electron chi connectivity index (χ4n) is 4.07. The monoisotopic (exact) mass is 485 g/mol. The summed E-state index contributed by atoms with van der Waals surface area (Å²) in [7, 11) is 1.53. The second-order valence-electron chi connectivity index (χ2n) is 8.14. The van der Waals surface area contributed by atoms with Crippen LogP contribution in [0, 0.1) is 0 Å². The van der Waals surface area contributed by atoms with E-state index in [4.69, 9.17) is 4.74 Å². The molecule has 182 valence electrons. The van der Waals surface area contributed by atoms with Gasteiger partial charge >= 0.3 is 5.69 Å². The van der Waals surface area contributed by atoms with Crippen molar-refractivity contribution < 1.29 is 9.53 Å². The Bertz CT molecular complexity index is 1470. The van der Waals surface area contributed by atoms with E-state index in [1.165, 1.54) is 13.3 Å². The number of H-pyrrole nitrogens is 1. The van der Waals surface area contributed by atoms with Crippen molar-refractivity contribution in [1.29, 1.82) is 0 Å². The predicted octanol–water partition coefficient (Wildman–Crippen LogP) is 1.35. The molecule has 0 spiro atoms. The summed E-state index contributed by atoms with van der Waals surface area (Å²) in [6.45, 7) is 1.86. The summed E-state index contributed by atoms with van der Waals surface area (Å²) in [5, 5.41) is 8.65. The van der Waals surface area contributed by atoms with E-state index in [9.17, 15) is 14.4 Å². The summed E-state index contributed by atoms with van der Waals surface area (Å²) in [6, 6.07) is 14.0. The number of rotatable bonds is 5. The van der Waals surface area contributed by atoms with Gasteiger partial charge in [-0.2, -0.15) is 0 Å². The molecule has 1 saturated heterocycles. The fraction of sp³-hybridized carbons (Fsp3) is 0.200. The van der Waals surface area contributed by atoms with Crippen molar-refractivity contribution in [2.24, 2.45) is 0 Å². The second-order valence-corrected chi connectivity index (χ2v) is 8.14. The Morgan fingerprint density at radius 2 is 1.64 bits per heavy atom. The van der Waals surface area contributed by atoms with Crippen molar-refractivity contribution in [3.63, 3.8) is 0 Å². The second kappa shape index (κ2) is 9.82. The van der Waals surface area contributed by atoms with Crippen LogP contribution in [0.3, 0.4) is 0 Å². The third-order valence-electron chi connectivity index (χ3n) is 6.06. The highest BCUT2D eigenvalue weighted by atomic mass is 16.5. The van der Waals surface area contributed by atoms with Gasteiger partial charge in [0.2, 0.25) is 0 Å². The molecule has 11 heteroatoms. The molecular formula is C25H23N7O4. The number of piperazine rings is 1. The van der Waals surface area contributed by atoms with Gasteiger partial charge in [0.05, 0.1) is 18.5 Å². The lowest BCUT2D eigenvalue weighted by Gasteiger charge is -2.35. The predicted molar refractivity (Wildman–Crippen MR) is 133 cm³/mol. The Balaban J connectivity index is 1.29. The molecule has 1 amide bonds. The number of nitrogens with one attached hydrogen (secondary N) is 1. The van der Waals surface area contributed by atoms with Gasteiger partial charge in [-0.25, -0.2) is 9.36 Å². The zero-order valence-corrected chi connectivity index (χ0v) is 19.5. The maximum atomic E-state index is 13.2. The molecule has 11 nitrogen and oxygen atoms in total. The minimum atomic E-state index is -0.672. The van der Waals surface area contributed by atoms with Crippen LogP contribution in [0.2, 0.25) is 0 Å². The summed E-state index contributed by atoms with van der Waals surface area (Å²) < 4.78 is 6.07. The Morgan fingerprint density at radius 3 is 2.28 bits per heavy atom. The number of anilines is 1. The van der Waals surface area contributed by atoms with Gasteiger partial charge in [-0.15, -0.1) is 10.2 Å². The molecule has 1 fully saturated rings. The molecule has 36 heavy (non-hydrogen) atoms. The van der Waals surface area contributed by atoms with Crippen LogP contribution >= 0.6 is 0 Å². The highest BCUT2D eigenvalue weighted by Crippen LogP contribution is 2.19. The lowest BCUT2D eigenvalue weighted by atomic mass is 10.2. The minimum absolute atomic E-state index is 0.0969. The van der Waals surface area contributed by atoms with Crippen LogP contribution < -0.4 is 20.9 Å². The summed E-state index contributed by atoms with van der Waals surface area (Å²) in [4.78, 5) is 48.8. The number of hydrogen-bond donors (Lipinski definition) is 1. The number of aromatic amines is 1. The van der Waals surface area contributed by atoms with E-state index in [0.717, 1.165) is 15.8 Å². The molecule has 4 heterocycles. The first kappa shape index (κ1) is 23.0. The van der Waals surface area contributed by atoms with Gasteiger partial charge in [-0.1, -0.05) is 0 Å². The smallest absolute Gasteiger partial charge is 0.333 e. The van der Waals surface area contributed by atoms with Gasteiger partial charge in [0.1, 0.15) is 11.3 Å². The van der Waals surface area contributed by atoms with Crippen molar-refractivity contribution in [3.05, 3.63) is 93.5 Å². The van der Waals surface area contributed by atoms with Crippen molar-refractivity contribution in [2.45, 2.75) is 0 Å². The first-order valence-electron chi connectivity index (χ1n) is 11.3. The number of aromatic nitrogens is 5. The average molecular weight is 486 g/mol. The summed E-state index contributed by atoms with van der Waals surface area (Å²) >= 11 is 0. The molecule has 1 aromatic carbocycles. The lowest BCUT2D eigenvalue weighted by molar-refractivity contribution is 0.0743. The number of carbonyl (C=O) groups excluding carboxylic acids is 1. The van der Waals surface area contributed by atoms with Crippen molar-refractivity contribution >= 4 is 11.7 Å². The molecule has 1 aliphatic rings. The molecule has 0 saturated carbocycles. The van der Waals surface area contributed by atoms with Gasteiger partial charge in [0.15, 0.2) is 5.82 Å². The molecule has 4 aromatic rings. The topological polar surface area (TPSA) is 126 Å². The largest absolute Gasteiger partial charge is 0.497 e. The van der Waals surface area contributed by atoms with Crippen LogP contribution in [0.4, 0.5) is 5.82 Å². The normalized spacial score (nSPS) is 13.5. The van der Waals surface area contributed by atoms with Crippen LogP contribution in [-0.2, 0) is 0 Å². The Hall–Kier alpha value is -4.80. The molecule has 0 bridgehead atoms. The van der Waals surface area contributed by atoms with Crippen molar-refractivity contribution in [2.75, 3.05) is 38.2 Å². The van der Waals surface area contributed by atoms with E-state index in [1.54, 1.807) is 41.6 Å². The number of carbonyl (C=O) groups is 1.